The minimum atomic E-state index is -0.0666. The van der Waals surface area contributed by atoms with Gasteiger partial charge in [0.05, 0.1) is 25.4 Å². The number of halogens is 1. The Morgan fingerprint density at radius 1 is 1.24 bits per heavy atom. The standard InChI is InChI=1S/C16H13BrN2O2/c1-21-16-7-6-12(17)8-11(16)10-19-14-5-3-2-4-13(14)15(20)9-18-19/h2-9H,10H2,1H3. The molecule has 0 bridgehead atoms. The third-order valence-corrected chi connectivity index (χ3v) is 3.82. The van der Waals surface area contributed by atoms with Crippen molar-refractivity contribution in [3.63, 3.8) is 0 Å². The Balaban J connectivity index is 2.13. The largest absolute Gasteiger partial charge is 0.496 e. The van der Waals surface area contributed by atoms with Gasteiger partial charge in [-0.3, -0.25) is 9.48 Å². The summed E-state index contributed by atoms with van der Waals surface area (Å²) in [6.45, 7) is 0.531. The number of fused-ring (bicyclic) bond motifs is 1. The van der Waals surface area contributed by atoms with Crippen LogP contribution in [0.2, 0.25) is 0 Å². The minimum absolute atomic E-state index is 0.0666. The van der Waals surface area contributed by atoms with Crippen LogP contribution in [0.5, 0.6) is 5.75 Å². The molecule has 4 nitrogen and oxygen atoms in total. The van der Waals surface area contributed by atoms with Crippen molar-refractivity contribution in [3.8, 4) is 5.75 Å². The van der Waals surface area contributed by atoms with Gasteiger partial charge in [0.1, 0.15) is 5.75 Å². The van der Waals surface area contributed by atoms with Gasteiger partial charge in [0.2, 0.25) is 5.43 Å². The second-order valence-electron chi connectivity index (χ2n) is 4.64. The van der Waals surface area contributed by atoms with Crippen molar-refractivity contribution in [2.75, 3.05) is 7.11 Å². The highest BCUT2D eigenvalue weighted by Crippen LogP contribution is 2.24. The maximum atomic E-state index is 11.9. The average Bonchev–Trinajstić information content (AvgIpc) is 2.51. The first-order valence-corrected chi connectivity index (χ1v) is 7.25. The fraction of sp³-hybridized carbons (Fsp3) is 0.125. The Kier molecular flexibility index (Phi) is 3.75. The van der Waals surface area contributed by atoms with Crippen molar-refractivity contribution in [2.45, 2.75) is 6.54 Å². The van der Waals surface area contributed by atoms with Gasteiger partial charge in [-0.15, -0.1) is 0 Å². The second kappa shape index (κ2) is 5.69. The number of ether oxygens (including phenoxy) is 1. The Hall–Kier alpha value is -2.14. The molecular formula is C16H13BrN2O2. The summed E-state index contributed by atoms with van der Waals surface area (Å²) in [5.74, 6) is 0.794. The van der Waals surface area contributed by atoms with Gasteiger partial charge < -0.3 is 4.74 Å². The van der Waals surface area contributed by atoms with Gasteiger partial charge in [-0.05, 0) is 30.3 Å². The number of nitrogens with zero attached hydrogens (tertiary/aromatic N) is 2. The molecule has 0 radical (unpaired) electrons. The van der Waals surface area contributed by atoms with Crippen molar-refractivity contribution in [1.82, 2.24) is 9.78 Å². The number of benzene rings is 2. The topological polar surface area (TPSA) is 44.1 Å². The summed E-state index contributed by atoms with van der Waals surface area (Å²) in [4.78, 5) is 11.9. The molecule has 0 N–H and O–H groups in total. The maximum Gasteiger partial charge on any atom is 0.207 e. The third kappa shape index (κ3) is 2.69. The lowest BCUT2D eigenvalue weighted by Gasteiger charge is -2.12. The smallest absolute Gasteiger partial charge is 0.207 e. The van der Waals surface area contributed by atoms with E-state index in [1.807, 2.05) is 42.5 Å². The molecule has 2 aromatic carbocycles. The van der Waals surface area contributed by atoms with Crippen LogP contribution in [0.25, 0.3) is 10.9 Å². The van der Waals surface area contributed by atoms with Crippen molar-refractivity contribution in [1.29, 1.82) is 0 Å². The molecule has 0 saturated carbocycles. The molecule has 0 saturated heterocycles. The lowest BCUT2D eigenvalue weighted by molar-refractivity contribution is 0.407. The number of hydrogen-bond donors (Lipinski definition) is 0. The first-order chi connectivity index (χ1) is 10.2. The Morgan fingerprint density at radius 3 is 2.86 bits per heavy atom. The summed E-state index contributed by atoms with van der Waals surface area (Å²) in [7, 11) is 1.64. The molecule has 1 heterocycles. The fourth-order valence-corrected chi connectivity index (χ4v) is 2.73. The van der Waals surface area contributed by atoms with E-state index >= 15 is 0 Å². The van der Waals surface area contributed by atoms with Crippen LogP contribution in [0.1, 0.15) is 5.56 Å². The van der Waals surface area contributed by atoms with Crippen molar-refractivity contribution in [3.05, 3.63) is 68.9 Å². The lowest BCUT2D eigenvalue weighted by Crippen LogP contribution is -2.13. The van der Waals surface area contributed by atoms with E-state index in [0.29, 0.717) is 11.9 Å². The summed E-state index contributed by atoms with van der Waals surface area (Å²) in [6.07, 6.45) is 1.35. The van der Waals surface area contributed by atoms with Crippen LogP contribution in [0.15, 0.2) is 57.9 Å². The molecule has 106 valence electrons. The molecule has 0 aliphatic heterocycles. The molecule has 0 aliphatic rings. The van der Waals surface area contributed by atoms with Crippen LogP contribution in [0, 0.1) is 0 Å². The highest BCUT2D eigenvalue weighted by atomic mass is 79.9. The van der Waals surface area contributed by atoms with Gasteiger partial charge in [-0.2, -0.15) is 5.10 Å². The van der Waals surface area contributed by atoms with Crippen molar-refractivity contribution in [2.24, 2.45) is 0 Å². The van der Waals surface area contributed by atoms with E-state index in [9.17, 15) is 4.79 Å². The van der Waals surface area contributed by atoms with Crippen molar-refractivity contribution < 1.29 is 4.74 Å². The Morgan fingerprint density at radius 2 is 2.05 bits per heavy atom. The van der Waals surface area contributed by atoms with E-state index in [1.165, 1.54) is 6.20 Å². The highest BCUT2D eigenvalue weighted by Gasteiger charge is 2.08. The number of para-hydroxylation sites is 1. The third-order valence-electron chi connectivity index (χ3n) is 3.32. The van der Waals surface area contributed by atoms with Crippen LogP contribution in [-0.4, -0.2) is 16.9 Å². The van der Waals surface area contributed by atoms with Gasteiger partial charge in [0, 0.05) is 15.4 Å². The van der Waals surface area contributed by atoms with Crippen LogP contribution >= 0.6 is 15.9 Å². The van der Waals surface area contributed by atoms with E-state index in [0.717, 1.165) is 21.3 Å². The molecule has 0 amide bonds. The Bertz CT molecular complexity index is 858. The first-order valence-electron chi connectivity index (χ1n) is 6.46. The number of rotatable bonds is 3. The predicted molar refractivity (Wildman–Crippen MR) is 85.8 cm³/mol. The summed E-state index contributed by atoms with van der Waals surface area (Å²) in [5.41, 5.74) is 1.74. The summed E-state index contributed by atoms with van der Waals surface area (Å²) < 4.78 is 8.17. The molecule has 0 atom stereocenters. The van der Waals surface area contributed by atoms with E-state index in [4.69, 9.17) is 4.74 Å². The van der Waals surface area contributed by atoms with E-state index < -0.39 is 0 Å². The predicted octanol–water partition coefficient (Wildman–Crippen LogP) is 3.22. The van der Waals surface area contributed by atoms with E-state index in [-0.39, 0.29) is 5.43 Å². The zero-order valence-corrected chi connectivity index (χ0v) is 13.0. The molecule has 5 heteroatoms. The van der Waals surface area contributed by atoms with Crippen LogP contribution in [-0.2, 0) is 6.54 Å². The Labute approximate surface area is 130 Å². The quantitative estimate of drug-likeness (QED) is 0.732. The van der Waals surface area contributed by atoms with Gasteiger partial charge in [0.25, 0.3) is 0 Å². The zero-order chi connectivity index (χ0) is 14.8. The van der Waals surface area contributed by atoms with Crippen LogP contribution in [0.4, 0.5) is 0 Å². The van der Waals surface area contributed by atoms with Gasteiger partial charge in [0.15, 0.2) is 0 Å². The number of hydrogen-bond acceptors (Lipinski definition) is 3. The van der Waals surface area contributed by atoms with E-state index in [2.05, 4.69) is 21.0 Å². The molecule has 3 aromatic rings. The number of methoxy groups -OCH3 is 1. The zero-order valence-electron chi connectivity index (χ0n) is 11.4. The van der Waals surface area contributed by atoms with E-state index in [1.54, 1.807) is 11.8 Å². The normalized spacial score (nSPS) is 10.8. The highest BCUT2D eigenvalue weighted by molar-refractivity contribution is 9.10. The average molecular weight is 345 g/mol. The fourth-order valence-electron chi connectivity index (χ4n) is 2.32. The number of aromatic nitrogens is 2. The van der Waals surface area contributed by atoms with Crippen LogP contribution in [0.3, 0.4) is 0 Å². The van der Waals surface area contributed by atoms with Gasteiger partial charge in [-0.1, -0.05) is 28.1 Å². The monoisotopic (exact) mass is 344 g/mol. The lowest BCUT2D eigenvalue weighted by atomic mass is 10.2. The molecule has 0 spiro atoms. The van der Waals surface area contributed by atoms with Crippen LogP contribution < -0.4 is 10.2 Å². The SMILES string of the molecule is COc1ccc(Br)cc1Cn1ncc(=O)c2ccccc21. The first kappa shape index (κ1) is 13.8. The maximum absolute atomic E-state index is 11.9. The summed E-state index contributed by atoms with van der Waals surface area (Å²) in [5, 5.41) is 4.91. The second-order valence-corrected chi connectivity index (χ2v) is 5.56. The minimum Gasteiger partial charge on any atom is -0.496 e. The van der Waals surface area contributed by atoms with Gasteiger partial charge >= 0.3 is 0 Å². The molecule has 1 aromatic heterocycles. The summed E-state index contributed by atoms with van der Waals surface area (Å²) in [6, 6.07) is 13.3. The van der Waals surface area contributed by atoms with Gasteiger partial charge in [-0.25, -0.2) is 0 Å². The molecule has 0 unspecified atom stereocenters. The molecule has 3 rings (SSSR count). The van der Waals surface area contributed by atoms with Crippen molar-refractivity contribution >= 4 is 26.8 Å². The molecule has 0 aliphatic carbocycles. The molecule has 0 fully saturated rings. The molecule has 21 heavy (non-hydrogen) atoms. The summed E-state index contributed by atoms with van der Waals surface area (Å²) >= 11 is 3.46. The molecular weight excluding hydrogens is 332 g/mol.